The van der Waals surface area contributed by atoms with Crippen LogP contribution in [0.3, 0.4) is 0 Å². The summed E-state index contributed by atoms with van der Waals surface area (Å²) in [5.41, 5.74) is 0.351. The van der Waals surface area contributed by atoms with E-state index in [2.05, 4.69) is 6.92 Å². The van der Waals surface area contributed by atoms with Gasteiger partial charge in [0.05, 0.1) is 4.90 Å². The van der Waals surface area contributed by atoms with Crippen LogP contribution in [0.25, 0.3) is 0 Å². The minimum absolute atomic E-state index is 0.185. The first-order valence-electron chi connectivity index (χ1n) is 5.71. The molecule has 1 aromatic carbocycles. The minimum Gasteiger partial charge on any atom is -0.282 e. The quantitative estimate of drug-likeness (QED) is 0.631. The molecule has 1 aromatic rings. The van der Waals surface area contributed by atoms with Crippen molar-refractivity contribution in [2.45, 2.75) is 43.9 Å². The molecule has 0 amide bonds. The Bertz CT molecular complexity index is 469. The molecular formula is C12H17FO3S. The summed E-state index contributed by atoms with van der Waals surface area (Å²) in [4.78, 5) is -0.185. The minimum atomic E-state index is -4.26. The summed E-state index contributed by atoms with van der Waals surface area (Å²) in [6, 6.07) is 3.33. The van der Waals surface area contributed by atoms with Crippen molar-refractivity contribution in [3.8, 4) is 0 Å². The molecule has 0 heterocycles. The standard InChI is InChI=1S/C12H17FO3S/c1-2-3-4-5-6-10-9-11(13)7-8-12(10)17(14,15)16/h7-9H,2-6H2,1H3,(H,14,15,16). The van der Waals surface area contributed by atoms with Gasteiger partial charge in [0, 0.05) is 0 Å². The van der Waals surface area contributed by atoms with Gasteiger partial charge >= 0.3 is 0 Å². The molecule has 0 aliphatic rings. The van der Waals surface area contributed by atoms with Gasteiger partial charge in [-0.15, -0.1) is 0 Å². The molecule has 5 heteroatoms. The van der Waals surface area contributed by atoms with Crippen molar-refractivity contribution >= 4 is 10.1 Å². The van der Waals surface area contributed by atoms with Gasteiger partial charge in [0.1, 0.15) is 5.82 Å². The van der Waals surface area contributed by atoms with Crippen LogP contribution in [-0.2, 0) is 16.5 Å². The first-order chi connectivity index (χ1) is 7.95. The third kappa shape index (κ3) is 4.44. The van der Waals surface area contributed by atoms with E-state index in [-0.39, 0.29) is 4.90 Å². The van der Waals surface area contributed by atoms with E-state index in [9.17, 15) is 12.8 Å². The van der Waals surface area contributed by atoms with Crippen LogP contribution in [0.5, 0.6) is 0 Å². The first kappa shape index (κ1) is 14.1. The number of aryl methyl sites for hydroxylation is 1. The molecule has 0 atom stereocenters. The Morgan fingerprint density at radius 3 is 2.53 bits per heavy atom. The van der Waals surface area contributed by atoms with Crippen molar-refractivity contribution in [3.05, 3.63) is 29.6 Å². The highest BCUT2D eigenvalue weighted by atomic mass is 32.2. The zero-order valence-electron chi connectivity index (χ0n) is 9.82. The van der Waals surface area contributed by atoms with Gasteiger partial charge in [-0.3, -0.25) is 4.55 Å². The van der Waals surface area contributed by atoms with E-state index < -0.39 is 15.9 Å². The molecule has 0 fully saturated rings. The van der Waals surface area contributed by atoms with Crippen molar-refractivity contribution in [2.24, 2.45) is 0 Å². The highest BCUT2D eigenvalue weighted by molar-refractivity contribution is 7.85. The summed E-state index contributed by atoms with van der Waals surface area (Å²) in [6.45, 7) is 2.08. The molecule has 0 radical (unpaired) electrons. The van der Waals surface area contributed by atoms with E-state index in [0.717, 1.165) is 37.8 Å². The zero-order chi connectivity index (χ0) is 12.9. The van der Waals surface area contributed by atoms with Crippen molar-refractivity contribution < 1.29 is 17.4 Å². The summed E-state index contributed by atoms with van der Waals surface area (Å²) in [5, 5.41) is 0. The van der Waals surface area contributed by atoms with Gasteiger partial charge in [0.25, 0.3) is 10.1 Å². The second-order valence-corrected chi connectivity index (χ2v) is 5.43. The maximum absolute atomic E-state index is 13.0. The van der Waals surface area contributed by atoms with E-state index in [0.29, 0.717) is 12.0 Å². The molecule has 0 aliphatic heterocycles. The number of halogens is 1. The van der Waals surface area contributed by atoms with Crippen LogP contribution in [0.1, 0.15) is 38.2 Å². The molecule has 1 N–H and O–H groups in total. The molecule has 96 valence electrons. The average Bonchev–Trinajstić information content (AvgIpc) is 2.23. The summed E-state index contributed by atoms with van der Waals surface area (Å²) < 4.78 is 44.2. The summed E-state index contributed by atoms with van der Waals surface area (Å²) >= 11 is 0. The lowest BCUT2D eigenvalue weighted by Crippen LogP contribution is -2.04. The second-order valence-electron chi connectivity index (χ2n) is 4.04. The fraction of sp³-hybridized carbons (Fsp3) is 0.500. The topological polar surface area (TPSA) is 54.4 Å². The largest absolute Gasteiger partial charge is 0.294 e. The van der Waals surface area contributed by atoms with Crippen LogP contribution in [-0.4, -0.2) is 13.0 Å². The van der Waals surface area contributed by atoms with Gasteiger partial charge in [-0.1, -0.05) is 26.2 Å². The lowest BCUT2D eigenvalue weighted by Gasteiger charge is -2.07. The maximum Gasteiger partial charge on any atom is 0.294 e. The van der Waals surface area contributed by atoms with Crippen LogP contribution < -0.4 is 0 Å². The molecule has 17 heavy (non-hydrogen) atoms. The van der Waals surface area contributed by atoms with Crippen LogP contribution in [0.2, 0.25) is 0 Å². The maximum atomic E-state index is 13.0. The van der Waals surface area contributed by atoms with Gasteiger partial charge in [0.2, 0.25) is 0 Å². The molecule has 0 bridgehead atoms. The smallest absolute Gasteiger partial charge is 0.282 e. The van der Waals surface area contributed by atoms with E-state index in [1.165, 1.54) is 6.07 Å². The van der Waals surface area contributed by atoms with Crippen molar-refractivity contribution in [1.29, 1.82) is 0 Å². The Hall–Kier alpha value is -0.940. The number of hydrogen-bond donors (Lipinski definition) is 1. The van der Waals surface area contributed by atoms with Gasteiger partial charge in [-0.25, -0.2) is 4.39 Å². The summed E-state index contributed by atoms with van der Waals surface area (Å²) in [6.07, 6.45) is 4.37. The molecular weight excluding hydrogens is 243 g/mol. The van der Waals surface area contributed by atoms with E-state index in [4.69, 9.17) is 4.55 Å². The van der Waals surface area contributed by atoms with Crippen molar-refractivity contribution in [1.82, 2.24) is 0 Å². The Morgan fingerprint density at radius 2 is 1.94 bits per heavy atom. The highest BCUT2D eigenvalue weighted by Crippen LogP contribution is 2.19. The average molecular weight is 260 g/mol. The Balaban J connectivity index is 2.85. The van der Waals surface area contributed by atoms with Crippen LogP contribution in [0.15, 0.2) is 23.1 Å². The monoisotopic (exact) mass is 260 g/mol. The van der Waals surface area contributed by atoms with Gasteiger partial charge < -0.3 is 0 Å². The van der Waals surface area contributed by atoms with Gasteiger partial charge in [-0.2, -0.15) is 8.42 Å². The Morgan fingerprint density at radius 1 is 1.24 bits per heavy atom. The zero-order valence-corrected chi connectivity index (χ0v) is 10.6. The molecule has 0 saturated carbocycles. The normalized spacial score (nSPS) is 11.7. The number of unbranched alkanes of at least 4 members (excludes halogenated alkanes) is 3. The third-order valence-corrected chi connectivity index (χ3v) is 3.55. The fourth-order valence-corrected chi connectivity index (χ4v) is 2.47. The number of rotatable bonds is 6. The van der Waals surface area contributed by atoms with E-state index in [1.54, 1.807) is 0 Å². The number of benzene rings is 1. The van der Waals surface area contributed by atoms with Gasteiger partial charge in [0.15, 0.2) is 0 Å². The predicted molar refractivity (Wildman–Crippen MR) is 64.1 cm³/mol. The fourth-order valence-electron chi connectivity index (χ4n) is 1.74. The third-order valence-electron chi connectivity index (χ3n) is 2.60. The van der Waals surface area contributed by atoms with Crippen molar-refractivity contribution in [3.63, 3.8) is 0 Å². The Kier molecular flexibility index (Phi) is 5.08. The summed E-state index contributed by atoms with van der Waals surface area (Å²) in [7, 11) is -4.26. The highest BCUT2D eigenvalue weighted by Gasteiger charge is 2.15. The van der Waals surface area contributed by atoms with Crippen LogP contribution in [0, 0.1) is 5.82 Å². The second kappa shape index (κ2) is 6.12. The van der Waals surface area contributed by atoms with Crippen LogP contribution in [0.4, 0.5) is 4.39 Å². The number of hydrogen-bond acceptors (Lipinski definition) is 2. The molecule has 1 rings (SSSR count). The molecule has 0 unspecified atom stereocenters. The SMILES string of the molecule is CCCCCCc1cc(F)ccc1S(=O)(=O)O. The lowest BCUT2D eigenvalue weighted by molar-refractivity contribution is 0.481. The molecule has 3 nitrogen and oxygen atoms in total. The van der Waals surface area contributed by atoms with Crippen molar-refractivity contribution in [2.75, 3.05) is 0 Å². The predicted octanol–water partition coefficient (Wildman–Crippen LogP) is 3.20. The molecule has 0 aromatic heterocycles. The van der Waals surface area contributed by atoms with Gasteiger partial charge in [-0.05, 0) is 36.6 Å². The van der Waals surface area contributed by atoms with Crippen LogP contribution >= 0.6 is 0 Å². The molecule has 0 aliphatic carbocycles. The summed E-state index contributed by atoms with van der Waals surface area (Å²) in [5.74, 6) is -0.483. The lowest BCUT2D eigenvalue weighted by atomic mass is 10.1. The molecule has 0 spiro atoms. The van der Waals surface area contributed by atoms with E-state index >= 15 is 0 Å². The first-order valence-corrected chi connectivity index (χ1v) is 7.15. The molecule has 0 saturated heterocycles. The Labute approximate surface area is 101 Å². The van der Waals surface area contributed by atoms with E-state index in [1.807, 2.05) is 0 Å².